The van der Waals surface area contributed by atoms with Crippen LogP contribution >= 0.6 is 0 Å². The zero-order chi connectivity index (χ0) is 52.4. The summed E-state index contributed by atoms with van der Waals surface area (Å²) in [4.78, 5) is 125. The van der Waals surface area contributed by atoms with Gasteiger partial charge in [-0.2, -0.15) is 0 Å². The van der Waals surface area contributed by atoms with E-state index < -0.39 is 153 Å². The van der Waals surface area contributed by atoms with Crippen LogP contribution in [-0.4, -0.2) is 110 Å². The highest BCUT2D eigenvalue weighted by Gasteiger charge is 2.88. The average molecular weight is 993 g/mol. The van der Waals surface area contributed by atoms with Crippen LogP contribution in [0.2, 0.25) is 0 Å². The van der Waals surface area contributed by atoms with Crippen LogP contribution < -0.4 is 10.6 Å². The number of allylic oxidation sites excluding steroid dienone is 6. The highest BCUT2D eigenvalue weighted by Crippen LogP contribution is 2.72. The Kier molecular flexibility index (Phi) is 11.9. The summed E-state index contributed by atoms with van der Waals surface area (Å²) in [7, 11) is 0. The topological polar surface area (TPSA) is 240 Å². The van der Waals surface area contributed by atoms with Gasteiger partial charge in [0, 0.05) is 35.8 Å². The molecule has 5 N–H and O–H groups in total. The lowest BCUT2D eigenvalue weighted by Gasteiger charge is -2.50. The fourth-order valence-corrected chi connectivity index (χ4v) is 16.6. The third-order valence-corrected chi connectivity index (χ3v) is 19.8. The Hall–Kier alpha value is -4.70. The summed E-state index contributed by atoms with van der Waals surface area (Å²) < 4.78 is 13.7. The van der Waals surface area contributed by atoms with Gasteiger partial charge in [0.1, 0.15) is 17.6 Å². The van der Waals surface area contributed by atoms with E-state index in [0.717, 1.165) is 16.7 Å². The van der Waals surface area contributed by atoms with E-state index in [4.69, 9.17) is 9.47 Å². The molecule has 4 saturated heterocycles. The number of aliphatic hydroxyl groups excluding tert-OH is 2. The summed E-state index contributed by atoms with van der Waals surface area (Å²) in [5.74, 6) is -19.1. The molecule has 0 aromatic rings. The predicted octanol–water partition coefficient (Wildman–Crippen LogP) is 4.36. The van der Waals surface area contributed by atoms with Crippen molar-refractivity contribution >= 4 is 46.7 Å². The molecule has 10 aliphatic rings. The zero-order valence-electron chi connectivity index (χ0n) is 43.4. The number of carbonyl (C=O) groups excluding carboxylic acids is 8. The number of ketones is 5. The fourth-order valence-electron chi connectivity index (χ4n) is 16.6. The summed E-state index contributed by atoms with van der Waals surface area (Å²) >= 11 is 0. The number of carbonyl (C=O) groups is 8. The number of hydrogen-bond donors (Lipinski definition) is 5. The van der Waals surface area contributed by atoms with Crippen molar-refractivity contribution in [1.29, 1.82) is 0 Å². The van der Waals surface area contributed by atoms with Crippen molar-refractivity contribution in [2.75, 3.05) is 0 Å². The molecule has 10 rings (SSSR count). The number of hydrogen-bond acceptors (Lipinski definition) is 13. The van der Waals surface area contributed by atoms with Gasteiger partial charge in [0.2, 0.25) is 11.5 Å². The van der Waals surface area contributed by atoms with Crippen molar-refractivity contribution in [2.24, 2.45) is 81.8 Å². The van der Waals surface area contributed by atoms with Crippen molar-refractivity contribution in [3.05, 3.63) is 57.7 Å². The van der Waals surface area contributed by atoms with Crippen molar-refractivity contribution in [2.45, 2.75) is 162 Å². The molecule has 20 atom stereocenters. The second-order valence-corrected chi connectivity index (χ2v) is 24.6. The second-order valence-electron chi connectivity index (χ2n) is 24.6. The molecule has 72 heavy (non-hydrogen) atoms. The van der Waals surface area contributed by atoms with E-state index >= 15 is 38.4 Å². The van der Waals surface area contributed by atoms with Crippen LogP contribution in [0.3, 0.4) is 0 Å². The number of Topliss-reactive ketones (excluding diaryl/α,β-unsaturated/α-hetero) is 5. The minimum Gasteiger partial charge on any atom is -0.447 e. The minimum absolute atomic E-state index is 0.0604. The summed E-state index contributed by atoms with van der Waals surface area (Å²) in [5.41, 5.74) is -6.91. The first-order valence-corrected chi connectivity index (χ1v) is 26.5. The van der Waals surface area contributed by atoms with Crippen LogP contribution in [0, 0.1) is 81.8 Å². The molecule has 5 aliphatic carbocycles. The van der Waals surface area contributed by atoms with E-state index in [2.05, 4.69) is 10.6 Å². The predicted molar refractivity (Wildman–Crippen MR) is 260 cm³/mol. The van der Waals surface area contributed by atoms with Gasteiger partial charge in [0.05, 0.1) is 41.3 Å². The normalized spacial score (nSPS) is 46.8. The van der Waals surface area contributed by atoms with Crippen LogP contribution in [0.15, 0.2) is 57.7 Å². The van der Waals surface area contributed by atoms with Gasteiger partial charge in [-0.3, -0.25) is 38.4 Å². The van der Waals surface area contributed by atoms with Crippen LogP contribution in [-0.2, 0) is 47.8 Å². The van der Waals surface area contributed by atoms with Crippen LogP contribution in [0.4, 0.5) is 0 Å². The smallest absolute Gasteiger partial charge is 0.312 e. The largest absolute Gasteiger partial charge is 0.447 e. The van der Waals surface area contributed by atoms with Crippen molar-refractivity contribution < 1.29 is 63.1 Å². The molecule has 0 aromatic carbocycles. The average Bonchev–Trinajstić information content (AvgIpc) is 4.05. The van der Waals surface area contributed by atoms with Gasteiger partial charge in [0.25, 0.3) is 5.91 Å². The molecule has 4 bridgehead atoms. The number of rotatable bonds is 4. The molecule has 15 heteroatoms. The highest BCUT2D eigenvalue weighted by atomic mass is 16.6. The van der Waals surface area contributed by atoms with Crippen LogP contribution in [0.1, 0.15) is 115 Å². The third-order valence-electron chi connectivity index (χ3n) is 19.8. The van der Waals surface area contributed by atoms with Crippen molar-refractivity contribution in [3.63, 3.8) is 0 Å². The van der Waals surface area contributed by atoms with Gasteiger partial charge in [-0.25, -0.2) is 0 Å². The number of amides is 2. The maximum Gasteiger partial charge on any atom is 0.312 e. The zero-order valence-corrected chi connectivity index (χ0v) is 43.4. The Morgan fingerprint density at radius 2 is 1.19 bits per heavy atom. The molecule has 2 amide bonds. The quantitative estimate of drug-likeness (QED) is 0.150. The highest BCUT2D eigenvalue weighted by molar-refractivity contribution is 6.29. The number of fused-ring (bicyclic) bond motifs is 9. The third kappa shape index (κ3) is 6.34. The van der Waals surface area contributed by atoms with E-state index in [1.807, 2.05) is 86.6 Å². The Labute approximate surface area is 421 Å². The number of esters is 1. The molecule has 5 heterocycles. The van der Waals surface area contributed by atoms with Gasteiger partial charge in [-0.05, 0) is 108 Å². The molecule has 5 fully saturated rings. The molecule has 0 radical (unpaired) electrons. The first-order chi connectivity index (χ1) is 33.7. The van der Waals surface area contributed by atoms with Gasteiger partial charge in [-0.1, -0.05) is 88.1 Å². The monoisotopic (exact) mass is 993 g/mol. The van der Waals surface area contributed by atoms with E-state index in [-0.39, 0.29) is 60.5 Å². The molecule has 3 spiro atoms. The van der Waals surface area contributed by atoms with E-state index in [0.29, 0.717) is 18.4 Å². The first kappa shape index (κ1) is 50.8. The molecule has 388 valence electrons. The maximum absolute atomic E-state index is 16.8. The molecule has 15 nitrogen and oxygen atoms in total. The molecule has 0 aromatic heterocycles. The second kappa shape index (κ2) is 16.9. The summed E-state index contributed by atoms with van der Waals surface area (Å²) in [6.45, 7) is 20.8. The van der Waals surface area contributed by atoms with Crippen LogP contribution in [0.5, 0.6) is 0 Å². The summed E-state index contributed by atoms with van der Waals surface area (Å²) in [5, 5.41) is 43.2. The number of nitrogens with one attached hydrogen (secondary N) is 2. The van der Waals surface area contributed by atoms with Gasteiger partial charge in [0.15, 0.2) is 34.5 Å². The van der Waals surface area contributed by atoms with E-state index in [9.17, 15) is 15.3 Å². The standard InChI is InChI=1S/C57H72N2O13/c1-22(2)16-33-39-28(9)26(7)20-31-18-24(5)12-14-35(60)44(62)37-38(48(65)54(31,39)52(68)58-33)49-55-41(46(37)71-49)30(11)47(64)56(70,51(55)67)42-43(55)50(66)72-57-32(19-25(6)13-15-36(61)45(42)63)21-27(8)29(10)40(57)34(17-23(3)4)59-53(57)69/h18-23,28-29,31-40,42-43,46,49,60-61,70H,12-17H2,1-11H3,(H,58,68)(H,59,69)/t28-,29-,31+,32+,33+,34+,35-,36-,37+,38+,39+,40+,42+,43+,46+,49-,54+,55+,56-,57-/m1/s1. The van der Waals surface area contributed by atoms with Crippen LogP contribution in [0.25, 0.3) is 0 Å². The molecule has 5 aliphatic heterocycles. The Bertz CT molecular complexity index is 2670. The molecular formula is C57H72N2O13. The lowest BCUT2D eigenvalue weighted by molar-refractivity contribution is -0.188. The first-order valence-electron chi connectivity index (χ1n) is 26.5. The SMILES string of the molecule is CC1=C[C@H]2C=C(C)[C@@H](C)[C@H]3[C@H](CC(C)C)NC(=O)[C@@]23C(=O)[C@@H]2[C@@H](C(=O)[C@H](O)CC1)[C@@H]1O[C@H]2[C@]23C(=O)[C@](O)(C(=O)C(C)=C12)[C@@H]1C(=O)[C@H](O)CCC(C)=C[C@H]2C=C(C)[C@@H](C)[C@H]4[C@H](CC(C)C)NC(=O)[C@@]24OC(=O)[C@H]13. The van der Waals surface area contributed by atoms with Gasteiger partial charge < -0.3 is 35.4 Å². The number of aliphatic hydroxyl groups is 3. The summed E-state index contributed by atoms with van der Waals surface area (Å²) in [6.07, 6.45) is 1.48. The van der Waals surface area contributed by atoms with E-state index in [1.165, 1.54) is 6.92 Å². The molecule has 0 unspecified atom stereocenters. The minimum atomic E-state index is -3.30. The number of ether oxygens (including phenoxy) is 2. The summed E-state index contributed by atoms with van der Waals surface area (Å²) in [6, 6.07) is -0.991. The lowest BCUT2D eigenvalue weighted by Crippen LogP contribution is -2.65. The Morgan fingerprint density at radius 1 is 0.667 bits per heavy atom. The molecule has 1 saturated carbocycles. The lowest BCUT2D eigenvalue weighted by atomic mass is 9.48. The van der Waals surface area contributed by atoms with Gasteiger partial charge in [-0.15, -0.1) is 0 Å². The Morgan fingerprint density at radius 3 is 1.79 bits per heavy atom. The molecular weight excluding hydrogens is 921 g/mol. The van der Waals surface area contributed by atoms with Crippen molar-refractivity contribution in [3.8, 4) is 0 Å². The van der Waals surface area contributed by atoms with Gasteiger partial charge >= 0.3 is 5.97 Å². The van der Waals surface area contributed by atoms with Crippen molar-refractivity contribution in [1.82, 2.24) is 10.6 Å². The van der Waals surface area contributed by atoms with E-state index in [1.54, 1.807) is 6.92 Å². The maximum atomic E-state index is 16.8. The fraction of sp³-hybridized carbons (Fsp3) is 0.684. The Balaban J connectivity index is 1.24.